The second-order valence-electron chi connectivity index (χ2n) is 3.79. The number of hydrogen-bond donors (Lipinski definition) is 0. The Morgan fingerprint density at radius 2 is 2.11 bits per heavy atom. The molecule has 0 saturated carbocycles. The summed E-state index contributed by atoms with van der Waals surface area (Å²) in [7, 11) is 0. The van der Waals surface area contributed by atoms with Crippen LogP contribution in [0.15, 0.2) is 47.5 Å². The topological polar surface area (TPSA) is 35.3 Å². The summed E-state index contributed by atoms with van der Waals surface area (Å²) in [5.41, 5.74) is 1.98. The van der Waals surface area contributed by atoms with Gasteiger partial charge in [-0.3, -0.25) is 0 Å². The van der Waals surface area contributed by atoms with Gasteiger partial charge in [0.2, 0.25) is 0 Å². The van der Waals surface area contributed by atoms with E-state index in [0.29, 0.717) is 18.9 Å². The van der Waals surface area contributed by atoms with Crippen molar-refractivity contribution in [3.63, 3.8) is 0 Å². The summed E-state index contributed by atoms with van der Waals surface area (Å²) in [6.07, 6.45) is 2.53. The third-order valence-corrected chi connectivity index (χ3v) is 2.99. The number of rotatable bonds is 6. The van der Waals surface area contributed by atoms with Crippen LogP contribution in [0.1, 0.15) is 5.56 Å². The Bertz CT molecular complexity index is 508. The molecule has 0 bridgehead atoms. The number of nitrogens with zero attached hydrogens (tertiary/aromatic N) is 1. The van der Waals surface area contributed by atoms with Crippen molar-refractivity contribution < 1.29 is 9.26 Å². The van der Waals surface area contributed by atoms with Gasteiger partial charge >= 0.3 is 115 Å². The predicted molar refractivity (Wildman–Crippen MR) is 74.7 cm³/mol. The molecule has 1 aromatic heterocycles. The number of benzene rings is 1. The zero-order valence-electron chi connectivity index (χ0n) is 10.1. The SMILES string of the molecule is C=CCc1c(OCC[AsH2])noc1-c1ccccc1. The molecule has 0 amide bonds. The Balaban J connectivity index is 2.35. The zero-order valence-corrected chi connectivity index (χ0v) is 12.6. The monoisotopic (exact) mass is 305 g/mol. The second-order valence-corrected chi connectivity index (χ2v) is 5.00. The molecule has 4 heteroatoms. The fourth-order valence-electron chi connectivity index (χ4n) is 1.70. The van der Waals surface area contributed by atoms with Crippen LogP contribution >= 0.6 is 0 Å². The molecule has 0 N–H and O–H groups in total. The van der Waals surface area contributed by atoms with Crippen LogP contribution in [0.2, 0.25) is 5.21 Å². The van der Waals surface area contributed by atoms with Crippen LogP contribution in [0.4, 0.5) is 0 Å². The van der Waals surface area contributed by atoms with Crippen molar-refractivity contribution >= 4 is 16.9 Å². The van der Waals surface area contributed by atoms with Crippen molar-refractivity contribution in [1.29, 1.82) is 0 Å². The van der Waals surface area contributed by atoms with Crippen LogP contribution in [-0.4, -0.2) is 28.6 Å². The van der Waals surface area contributed by atoms with Gasteiger partial charge in [-0.2, -0.15) is 0 Å². The van der Waals surface area contributed by atoms with E-state index in [1.165, 1.54) is 0 Å². The molecule has 0 radical (unpaired) electrons. The first-order chi connectivity index (χ1) is 8.86. The molecule has 0 aliphatic rings. The molecular weight excluding hydrogens is 289 g/mol. The van der Waals surface area contributed by atoms with Gasteiger partial charge in [0.1, 0.15) is 0 Å². The molecule has 94 valence electrons. The average Bonchev–Trinajstić information content (AvgIpc) is 2.81. The molecule has 3 nitrogen and oxygen atoms in total. The predicted octanol–water partition coefficient (Wildman–Crippen LogP) is 2.50. The summed E-state index contributed by atoms with van der Waals surface area (Å²) in [6, 6.07) is 9.93. The first kappa shape index (κ1) is 13.0. The van der Waals surface area contributed by atoms with E-state index in [1.54, 1.807) is 16.9 Å². The second kappa shape index (κ2) is 6.46. The Labute approximate surface area is 115 Å². The van der Waals surface area contributed by atoms with E-state index in [-0.39, 0.29) is 0 Å². The van der Waals surface area contributed by atoms with Crippen LogP contribution in [0.25, 0.3) is 11.3 Å². The summed E-state index contributed by atoms with van der Waals surface area (Å²) in [4.78, 5) is 0. The first-order valence-electron chi connectivity index (χ1n) is 5.84. The quantitative estimate of drug-likeness (QED) is 0.607. The van der Waals surface area contributed by atoms with Gasteiger partial charge in [0, 0.05) is 0 Å². The van der Waals surface area contributed by atoms with Gasteiger partial charge in [0.05, 0.1) is 0 Å². The van der Waals surface area contributed by atoms with Gasteiger partial charge in [-0.25, -0.2) is 0 Å². The first-order valence-corrected chi connectivity index (χ1v) is 7.56. The third-order valence-electron chi connectivity index (χ3n) is 2.49. The molecule has 0 saturated heterocycles. The molecule has 18 heavy (non-hydrogen) atoms. The van der Waals surface area contributed by atoms with E-state index in [2.05, 4.69) is 11.7 Å². The fraction of sp³-hybridized carbons (Fsp3) is 0.214. The molecule has 0 spiro atoms. The zero-order chi connectivity index (χ0) is 12.8. The molecular formula is C14H16AsNO2. The van der Waals surface area contributed by atoms with Gasteiger partial charge in [-0.1, -0.05) is 0 Å². The van der Waals surface area contributed by atoms with Crippen molar-refractivity contribution in [2.75, 3.05) is 6.61 Å². The molecule has 0 aliphatic carbocycles. The summed E-state index contributed by atoms with van der Waals surface area (Å²) in [5.74, 6) is 1.36. The van der Waals surface area contributed by atoms with Crippen molar-refractivity contribution in [2.45, 2.75) is 11.6 Å². The maximum absolute atomic E-state index is 5.60. The minimum absolute atomic E-state index is 0.589. The summed E-state index contributed by atoms with van der Waals surface area (Å²) in [6.45, 7) is 4.44. The van der Waals surface area contributed by atoms with E-state index in [1.807, 2.05) is 36.4 Å². The Kier molecular flexibility index (Phi) is 4.65. The van der Waals surface area contributed by atoms with Crippen molar-refractivity contribution in [3.05, 3.63) is 48.6 Å². The molecule has 0 aliphatic heterocycles. The summed E-state index contributed by atoms with van der Waals surface area (Å²) in [5, 5.41) is 5.02. The van der Waals surface area contributed by atoms with Crippen molar-refractivity contribution in [3.8, 4) is 17.2 Å². The molecule has 1 heterocycles. The molecule has 2 aromatic rings. The molecule has 0 fully saturated rings. The maximum atomic E-state index is 5.60. The molecule has 2 rings (SSSR count). The van der Waals surface area contributed by atoms with Gasteiger partial charge in [0.15, 0.2) is 0 Å². The number of hydrogen-bond acceptors (Lipinski definition) is 3. The van der Waals surface area contributed by atoms with Crippen LogP contribution < -0.4 is 4.74 Å². The van der Waals surface area contributed by atoms with Crippen LogP contribution in [0.5, 0.6) is 5.88 Å². The van der Waals surface area contributed by atoms with E-state index in [0.717, 1.165) is 22.1 Å². The molecule has 1 aromatic carbocycles. The molecule has 1 unspecified atom stereocenters. The van der Waals surface area contributed by atoms with Crippen molar-refractivity contribution in [1.82, 2.24) is 5.16 Å². The summed E-state index contributed by atoms with van der Waals surface area (Å²) >= 11 is 1.64. The van der Waals surface area contributed by atoms with Crippen LogP contribution in [-0.2, 0) is 6.42 Å². The minimum atomic E-state index is 0.589. The summed E-state index contributed by atoms with van der Waals surface area (Å²) < 4.78 is 11.0. The van der Waals surface area contributed by atoms with Gasteiger partial charge in [0.25, 0.3) is 0 Å². The fourth-order valence-corrected chi connectivity index (χ4v) is 1.95. The Hall–Kier alpha value is -1.47. The van der Waals surface area contributed by atoms with Crippen LogP contribution in [0.3, 0.4) is 0 Å². The van der Waals surface area contributed by atoms with Gasteiger partial charge < -0.3 is 0 Å². The van der Waals surface area contributed by atoms with E-state index in [4.69, 9.17) is 9.26 Å². The molecule has 1 atom stereocenters. The number of aromatic nitrogens is 1. The number of allylic oxidation sites excluding steroid dienone is 1. The van der Waals surface area contributed by atoms with Crippen molar-refractivity contribution in [2.24, 2.45) is 0 Å². The third kappa shape index (κ3) is 2.85. The Morgan fingerprint density at radius 1 is 1.33 bits per heavy atom. The normalized spacial score (nSPS) is 10.3. The average molecular weight is 305 g/mol. The number of ether oxygens (including phenoxy) is 1. The van der Waals surface area contributed by atoms with E-state index in [9.17, 15) is 0 Å². The van der Waals surface area contributed by atoms with Crippen LogP contribution in [0, 0.1) is 0 Å². The van der Waals surface area contributed by atoms with Gasteiger partial charge in [-0.05, 0) is 0 Å². The van der Waals surface area contributed by atoms with Gasteiger partial charge in [-0.15, -0.1) is 0 Å². The van der Waals surface area contributed by atoms with E-state index < -0.39 is 0 Å². The standard InChI is InChI=1S/C14H16AsNO2/c1-2-6-12-13(11-7-4-3-5-8-11)18-16-14(12)17-10-9-15/h2-5,7-8H,1,6,9-10,15H2. The van der Waals surface area contributed by atoms with E-state index >= 15 is 0 Å². The Morgan fingerprint density at radius 3 is 2.78 bits per heavy atom.